The van der Waals surface area contributed by atoms with Gasteiger partial charge in [-0.25, -0.2) is 0 Å². The molecule has 0 spiro atoms. The Morgan fingerprint density at radius 2 is 1.83 bits per heavy atom. The molecule has 3 aromatic rings. The largest absolute Gasteiger partial charge is 0.496 e. The number of benzene rings is 2. The van der Waals surface area contributed by atoms with Crippen LogP contribution in [0.4, 0.5) is 0 Å². The van der Waals surface area contributed by atoms with Gasteiger partial charge in [0.25, 0.3) is 0 Å². The predicted molar refractivity (Wildman–Crippen MR) is 117 cm³/mol. The van der Waals surface area contributed by atoms with Crippen LogP contribution >= 0.6 is 15.9 Å². The molecule has 5 nitrogen and oxygen atoms in total. The molecule has 6 heteroatoms. The Balaban J connectivity index is 1.83. The van der Waals surface area contributed by atoms with E-state index in [4.69, 9.17) is 4.74 Å². The van der Waals surface area contributed by atoms with Gasteiger partial charge in [0.15, 0.2) is 5.78 Å². The van der Waals surface area contributed by atoms with Gasteiger partial charge in [-0.05, 0) is 43.7 Å². The third-order valence-corrected chi connectivity index (χ3v) is 5.33. The highest BCUT2D eigenvalue weighted by Gasteiger charge is 2.18. The number of amides is 1. The van der Waals surface area contributed by atoms with Crippen molar-refractivity contribution in [3.63, 3.8) is 0 Å². The van der Waals surface area contributed by atoms with Crippen LogP contribution in [0.5, 0.6) is 5.75 Å². The Bertz CT molecular complexity index is 1040. The van der Waals surface area contributed by atoms with Gasteiger partial charge in [0.05, 0.1) is 7.11 Å². The smallest absolute Gasteiger partial charge is 0.240 e. The van der Waals surface area contributed by atoms with Crippen LogP contribution in [0.1, 0.15) is 28.5 Å². The first kappa shape index (κ1) is 20.9. The van der Waals surface area contributed by atoms with Crippen molar-refractivity contribution in [2.24, 2.45) is 0 Å². The molecule has 1 N–H and O–H groups in total. The Kier molecular flexibility index (Phi) is 6.54. The second-order valence-corrected chi connectivity index (χ2v) is 7.69. The number of ether oxygens (including phenoxy) is 1. The zero-order valence-corrected chi connectivity index (χ0v) is 18.2. The van der Waals surface area contributed by atoms with Gasteiger partial charge in [0, 0.05) is 33.5 Å². The van der Waals surface area contributed by atoms with Gasteiger partial charge in [-0.1, -0.05) is 46.3 Å². The molecule has 2 aromatic carbocycles. The molecule has 0 aliphatic carbocycles. The maximum absolute atomic E-state index is 12.7. The number of hydrogen-bond donors (Lipinski definition) is 1. The highest BCUT2D eigenvalue weighted by Crippen LogP contribution is 2.26. The Morgan fingerprint density at radius 1 is 1.10 bits per heavy atom. The van der Waals surface area contributed by atoms with E-state index in [1.807, 2.05) is 66.1 Å². The minimum atomic E-state index is -0.141. The molecule has 0 saturated carbocycles. The number of Topliss-reactive ketones (excluding diaryl/α,β-unsaturated/α-hetero) is 1. The Hall–Kier alpha value is -2.86. The standard InChI is InChI=1S/C23H23BrN2O3/c1-15-20(16(2)27)12-21(17-7-5-4-6-8-17)26(15)14-23(28)25-13-18-11-19(24)9-10-22(18)29-3/h4-12H,13-14H2,1-3H3,(H,25,28). The van der Waals surface area contributed by atoms with Crippen LogP contribution in [0, 0.1) is 6.92 Å². The lowest BCUT2D eigenvalue weighted by molar-refractivity contribution is -0.121. The van der Waals surface area contributed by atoms with E-state index in [2.05, 4.69) is 21.2 Å². The van der Waals surface area contributed by atoms with Gasteiger partial charge in [-0.3, -0.25) is 9.59 Å². The summed E-state index contributed by atoms with van der Waals surface area (Å²) in [4.78, 5) is 24.7. The topological polar surface area (TPSA) is 60.3 Å². The van der Waals surface area contributed by atoms with Gasteiger partial charge in [0.2, 0.25) is 5.91 Å². The maximum Gasteiger partial charge on any atom is 0.240 e. The average Bonchev–Trinajstić information content (AvgIpc) is 3.03. The van der Waals surface area contributed by atoms with Crippen LogP contribution in [0.15, 0.2) is 59.1 Å². The number of hydrogen-bond acceptors (Lipinski definition) is 3. The van der Waals surface area contributed by atoms with Crippen molar-refractivity contribution in [2.45, 2.75) is 26.9 Å². The fourth-order valence-electron chi connectivity index (χ4n) is 3.33. The van der Waals surface area contributed by atoms with Crippen molar-refractivity contribution < 1.29 is 14.3 Å². The molecule has 0 radical (unpaired) electrons. The summed E-state index contributed by atoms with van der Waals surface area (Å²) in [6, 6.07) is 17.3. The van der Waals surface area contributed by atoms with E-state index in [-0.39, 0.29) is 18.2 Å². The molecule has 0 bridgehead atoms. The first-order valence-electron chi connectivity index (χ1n) is 9.26. The fourth-order valence-corrected chi connectivity index (χ4v) is 3.74. The van der Waals surface area contributed by atoms with Crippen molar-refractivity contribution in [3.05, 3.63) is 75.9 Å². The van der Waals surface area contributed by atoms with Gasteiger partial charge in [-0.2, -0.15) is 0 Å². The normalized spacial score (nSPS) is 10.6. The summed E-state index contributed by atoms with van der Waals surface area (Å²) in [5.41, 5.74) is 4.11. The average molecular weight is 455 g/mol. The summed E-state index contributed by atoms with van der Waals surface area (Å²) in [5, 5.41) is 2.95. The summed E-state index contributed by atoms with van der Waals surface area (Å²) in [6.45, 7) is 3.89. The van der Waals surface area contributed by atoms with Crippen LogP contribution in [0.2, 0.25) is 0 Å². The monoisotopic (exact) mass is 454 g/mol. The van der Waals surface area contributed by atoms with Crippen LogP contribution < -0.4 is 10.1 Å². The first-order valence-corrected chi connectivity index (χ1v) is 10.1. The number of nitrogens with zero attached hydrogens (tertiary/aromatic N) is 1. The summed E-state index contributed by atoms with van der Waals surface area (Å²) in [7, 11) is 1.60. The molecule has 150 valence electrons. The zero-order chi connectivity index (χ0) is 21.0. The van der Waals surface area contributed by atoms with Crippen molar-refractivity contribution >= 4 is 27.6 Å². The lowest BCUT2D eigenvalue weighted by Crippen LogP contribution is -2.28. The van der Waals surface area contributed by atoms with E-state index in [0.29, 0.717) is 12.1 Å². The number of nitrogens with one attached hydrogen (secondary N) is 1. The fraction of sp³-hybridized carbons (Fsp3) is 0.217. The Morgan fingerprint density at radius 3 is 2.48 bits per heavy atom. The number of ketones is 1. The molecule has 0 atom stereocenters. The molecular weight excluding hydrogens is 432 g/mol. The molecule has 1 aromatic heterocycles. The zero-order valence-electron chi connectivity index (χ0n) is 16.7. The molecule has 3 rings (SSSR count). The molecule has 0 fully saturated rings. The quantitative estimate of drug-likeness (QED) is 0.523. The minimum Gasteiger partial charge on any atom is -0.496 e. The number of rotatable bonds is 7. The first-order chi connectivity index (χ1) is 13.9. The lowest BCUT2D eigenvalue weighted by atomic mass is 10.1. The maximum atomic E-state index is 12.7. The van der Waals surface area contributed by atoms with Gasteiger partial charge in [0.1, 0.15) is 12.3 Å². The van der Waals surface area contributed by atoms with Crippen LogP contribution in [0.3, 0.4) is 0 Å². The van der Waals surface area contributed by atoms with Crippen molar-refractivity contribution in [1.29, 1.82) is 0 Å². The number of methoxy groups -OCH3 is 1. The second kappa shape index (κ2) is 9.09. The summed E-state index contributed by atoms with van der Waals surface area (Å²) >= 11 is 3.44. The molecule has 29 heavy (non-hydrogen) atoms. The molecule has 0 unspecified atom stereocenters. The van der Waals surface area contributed by atoms with Gasteiger partial charge in [-0.15, -0.1) is 0 Å². The summed E-state index contributed by atoms with van der Waals surface area (Å²) in [6.07, 6.45) is 0. The highest BCUT2D eigenvalue weighted by atomic mass is 79.9. The number of carbonyl (C=O) groups is 2. The Labute approximate surface area is 178 Å². The van der Waals surface area contributed by atoms with Crippen molar-refractivity contribution in [1.82, 2.24) is 9.88 Å². The van der Waals surface area contributed by atoms with E-state index in [0.717, 1.165) is 32.7 Å². The van der Waals surface area contributed by atoms with Crippen LogP contribution in [-0.2, 0) is 17.9 Å². The summed E-state index contributed by atoms with van der Waals surface area (Å²) in [5.74, 6) is 0.560. The summed E-state index contributed by atoms with van der Waals surface area (Å²) < 4.78 is 8.17. The van der Waals surface area contributed by atoms with E-state index in [9.17, 15) is 9.59 Å². The number of carbonyl (C=O) groups excluding carboxylic acids is 2. The molecule has 0 saturated heterocycles. The lowest BCUT2D eigenvalue weighted by Gasteiger charge is -2.14. The molecule has 0 aliphatic heterocycles. The highest BCUT2D eigenvalue weighted by molar-refractivity contribution is 9.10. The van der Waals surface area contributed by atoms with Crippen LogP contribution in [-0.4, -0.2) is 23.4 Å². The predicted octanol–water partition coefficient (Wildman–Crippen LogP) is 4.75. The van der Waals surface area contributed by atoms with E-state index in [1.165, 1.54) is 0 Å². The molecular formula is C23H23BrN2O3. The third kappa shape index (κ3) is 4.77. The minimum absolute atomic E-state index is 0.0160. The number of aromatic nitrogens is 1. The molecule has 1 amide bonds. The SMILES string of the molecule is COc1ccc(Br)cc1CNC(=O)Cn1c(-c2ccccc2)cc(C(C)=O)c1C. The molecule has 1 heterocycles. The van der Waals surface area contributed by atoms with E-state index in [1.54, 1.807) is 14.0 Å². The van der Waals surface area contributed by atoms with Gasteiger partial charge < -0.3 is 14.6 Å². The third-order valence-electron chi connectivity index (χ3n) is 4.84. The van der Waals surface area contributed by atoms with Crippen LogP contribution in [0.25, 0.3) is 11.3 Å². The molecule has 0 aliphatic rings. The van der Waals surface area contributed by atoms with Crippen molar-refractivity contribution in [3.8, 4) is 17.0 Å². The second-order valence-electron chi connectivity index (χ2n) is 6.77. The van der Waals surface area contributed by atoms with E-state index >= 15 is 0 Å². The van der Waals surface area contributed by atoms with Gasteiger partial charge >= 0.3 is 0 Å². The van der Waals surface area contributed by atoms with Crippen molar-refractivity contribution in [2.75, 3.05) is 7.11 Å². The number of halogens is 1. The van der Waals surface area contributed by atoms with E-state index < -0.39 is 0 Å².